The molecule has 3 heteroatoms. The lowest BCUT2D eigenvalue weighted by Crippen LogP contribution is -2.46. The molecule has 3 nitrogen and oxygen atoms in total. The van der Waals surface area contributed by atoms with Crippen LogP contribution in [0, 0.1) is 5.41 Å². The third-order valence-electron chi connectivity index (χ3n) is 4.35. The van der Waals surface area contributed by atoms with Crippen molar-refractivity contribution in [3.05, 3.63) is 35.9 Å². The lowest BCUT2D eigenvalue weighted by atomic mass is 9.81. The fraction of sp³-hybridized carbons (Fsp3) is 0.588. The van der Waals surface area contributed by atoms with Crippen LogP contribution >= 0.6 is 0 Å². The molecule has 0 saturated heterocycles. The summed E-state index contributed by atoms with van der Waals surface area (Å²) < 4.78 is 0. The van der Waals surface area contributed by atoms with Crippen molar-refractivity contribution in [2.75, 3.05) is 20.1 Å². The molecule has 0 aliphatic heterocycles. The largest absolute Gasteiger partial charge is 0.345 e. The van der Waals surface area contributed by atoms with E-state index in [1.54, 1.807) is 0 Å². The molecule has 0 fully saturated rings. The van der Waals surface area contributed by atoms with Gasteiger partial charge in [0.05, 0.1) is 5.41 Å². The first-order chi connectivity index (χ1) is 9.59. The van der Waals surface area contributed by atoms with Crippen LogP contribution in [0.5, 0.6) is 0 Å². The summed E-state index contributed by atoms with van der Waals surface area (Å²) in [6.45, 7) is 5.31. The second-order valence-electron chi connectivity index (χ2n) is 5.51. The Morgan fingerprint density at radius 3 is 2.30 bits per heavy atom. The lowest BCUT2D eigenvalue weighted by Gasteiger charge is -2.33. The molecule has 0 unspecified atom stereocenters. The molecule has 0 heterocycles. The highest BCUT2D eigenvalue weighted by Crippen LogP contribution is 2.27. The fourth-order valence-corrected chi connectivity index (χ4v) is 2.60. The summed E-state index contributed by atoms with van der Waals surface area (Å²) >= 11 is 0. The van der Waals surface area contributed by atoms with E-state index in [1.807, 2.05) is 31.9 Å². The molecule has 1 aromatic rings. The highest BCUT2D eigenvalue weighted by Gasteiger charge is 2.35. The van der Waals surface area contributed by atoms with Crippen LogP contribution < -0.4 is 5.73 Å². The molecule has 0 atom stereocenters. The van der Waals surface area contributed by atoms with Crippen molar-refractivity contribution in [1.29, 1.82) is 0 Å². The van der Waals surface area contributed by atoms with Gasteiger partial charge >= 0.3 is 0 Å². The number of nitrogens with zero attached hydrogens (tertiary/aromatic N) is 1. The van der Waals surface area contributed by atoms with Crippen LogP contribution in [0.2, 0.25) is 0 Å². The summed E-state index contributed by atoms with van der Waals surface area (Å²) in [5.74, 6) is 0.193. The van der Waals surface area contributed by atoms with Crippen molar-refractivity contribution < 1.29 is 4.79 Å². The van der Waals surface area contributed by atoms with Gasteiger partial charge in [-0.25, -0.2) is 0 Å². The Kier molecular flexibility index (Phi) is 6.73. The lowest BCUT2D eigenvalue weighted by molar-refractivity contribution is -0.140. The summed E-state index contributed by atoms with van der Waals surface area (Å²) in [6.07, 6.45) is 3.61. The minimum atomic E-state index is -0.374. The minimum Gasteiger partial charge on any atom is -0.345 e. The average Bonchev–Trinajstić information content (AvgIpc) is 2.50. The Bertz CT molecular complexity index is 390. The van der Waals surface area contributed by atoms with Gasteiger partial charge in [0.2, 0.25) is 5.91 Å². The molecule has 0 aromatic heterocycles. The molecule has 1 amide bonds. The SMILES string of the molecule is CCC(CC)(CN)C(=O)N(C)CCCc1ccccc1. The number of nitrogens with two attached hydrogens (primary N) is 1. The Hall–Kier alpha value is -1.35. The van der Waals surface area contributed by atoms with E-state index < -0.39 is 0 Å². The van der Waals surface area contributed by atoms with Crippen LogP contribution in [0.15, 0.2) is 30.3 Å². The van der Waals surface area contributed by atoms with Crippen LogP contribution in [0.1, 0.15) is 38.7 Å². The van der Waals surface area contributed by atoms with Crippen molar-refractivity contribution in [2.24, 2.45) is 11.1 Å². The molecule has 0 aliphatic carbocycles. The van der Waals surface area contributed by atoms with E-state index in [9.17, 15) is 4.79 Å². The first-order valence-corrected chi connectivity index (χ1v) is 7.59. The number of amides is 1. The Labute approximate surface area is 123 Å². The Balaban J connectivity index is 2.49. The molecule has 2 N–H and O–H groups in total. The predicted molar refractivity (Wildman–Crippen MR) is 84.5 cm³/mol. The second-order valence-corrected chi connectivity index (χ2v) is 5.51. The van der Waals surface area contributed by atoms with Crippen LogP contribution in [0.4, 0.5) is 0 Å². The summed E-state index contributed by atoms with van der Waals surface area (Å²) in [5, 5.41) is 0. The standard InChI is InChI=1S/C17H28N2O/c1-4-17(5-2,14-18)16(20)19(3)13-9-12-15-10-7-6-8-11-15/h6-8,10-11H,4-5,9,12-14,18H2,1-3H3. The molecule has 0 radical (unpaired) electrons. The number of hydrogen-bond donors (Lipinski definition) is 1. The van der Waals surface area contributed by atoms with E-state index in [4.69, 9.17) is 5.73 Å². The topological polar surface area (TPSA) is 46.3 Å². The molecule has 1 aromatic carbocycles. The molecule has 112 valence electrons. The molecule has 1 rings (SSSR count). The van der Waals surface area contributed by atoms with E-state index >= 15 is 0 Å². The minimum absolute atomic E-state index is 0.193. The number of carbonyl (C=O) groups is 1. The number of benzene rings is 1. The molecule has 20 heavy (non-hydrogen) atoms. The zero-order valence-corrected chi connectivity index (χ0v) is 13.1. The van der Waals surface area contributed by atoms with Crippen LogP contribution in [0.3, 0.4) is 0 Å². The number of hydrogen-bond acceptors (Lipinski definition) is 2. The maximum atomic E-state index is 12.5. The third kappa shape index (κ3) is 4.07. The van der Waals surface area contributed by atoms with E-state index in [0.29, 0.717) is 6.54 Å². The molecule has 0 bridgehead atoms. The molecule has 0 aliphatic rings. The highest BCUT2D eigenvalue weighted by molar-refractivity contribution is 5.82. The van der Waals surface area contributed by atoms with Crippen LogP contribution in [0.25, 0.3) is 0 Å². The number of rotatable bonds is 8. The summed E-state index contributed by atoms with van der Waals surface area (Å²) in [4.78, 5) is 14.4. The first-order valence-electron chi connectivity index (χ1n) is 7.59. The predicted octanol–water partition coefficient (Wildman–Crippen LogP) is 2.84. The molecule has 0 spiro atoms. The van der Waals surface area contributed by atoms with E-state index in [1.165, 1.54) is 5.56 Å². The zero-order chi connectivity index (χ0) is 15.0. The van der Waals surface area contributed by atoms with Crippen molar-refractivity contribution in [2.45, 2.75) is 39.5 Å². The smallest absolute Gasteiger partial charge is 0.229 e. The highest BCUT2D eigenvalue weighted by atomic mass is 16.2. The summed E-state index contributed by atoms with van der Waals surface area (Å²) in [7, 11) is 1.89. The summed E-state index contributed by atoms with van der Waals surface area (Å²) in [5.41, 5.74) is 6.79. The third-order valence-corrected chi connectivity index (χ3v) is 4.35. The van der Waals surface area contributed by atoms with Gasteiger partial charge in [-0.15, -0.1) is 0 Å². The van der Waals surface area contributed by atoms with Gasteiger partial charge in [-0.2, -0.15) is 0 Å². The van der Waals surface area contributed by atoms with Crippen molar-refractivity contribution in [3.63, 3.8) is 0 Å². The van der Waals surface area contributed by atoms with Gasteiger partial charge in [-0.3, -0.25) is 4.79 Å². The number of aryl methyl sites for hydroxylation is 1. The maximum Gasteiger partial charge on any atom is 0.229 e. The Morgan fingerprint density at radius 1 is 1.20 bits per heavy atom. The van der Waals surface area contributed by atoms with Crippen molar-refractivity contribution in [3.8, 4) is 0 Å². The van der Waals surface area contributed by atoms with Gasteiger partial charge in [-0.05, 0) is 31.2 Å². The van der Waals surface area contributed by atoms with Crippen LogP contribution in [-0.2, 0) is 11.2 Å². The van der Waals surface area contributed by atoms with E-state index in [0.717, 1.165) is 32.2 Å². The van der Waals surface area contributed by atoms with Gasteiger partial charge in [0.1, 0.15) is 0 Å². The normalized spacial score (nSPS) is 11.4. The average molecular weight is 276 g/mol. The van der Waals surface area contributed by atoms with Gasteiger partial charge in [-0.1, -0.05) is 44.2 Å². The summed E-state index contributed by atoms with van der Waals surface area (Å²) in [6, 6.07) is 10.4. The molecule has 0 saturated carbocycles. The molecular formula is C17H28N2O. The Morgan fingerprint density at radius 2 is 1.80 bits per heavy atom. The quantitative estimate of drug-likeness (QED) is 0.793. The number of carbonyl (C=O) groups excluding carboxylic acids is 1. The first kappa shape index (κ1) is 16.7. The second kappa shape index (κ2) is 8.05. The van der Waals surface area contributed by atoms with Gasteiger partial charge in [0.25, 0.3) is 0 Å². The molecular weight excluding hydrogens is 248 g/mol. The van der Waals surface area contributed by atoms with E-state index in [2.05, 4.69) is 24.3 Å². The fourth-order valence-electron chi connectivity index (χ4n) is 2.60. The van der Waals surface area contributed by atoms with Crippen LogP contribution in [-0.4, -0.2) is 30.9 Å². The zero-order valence-electron chi connectivity index (χ0n) is 13.1. The van der Waals surface area contributed by atoms with Gasteiger partial charge in [0.15, 0.2) is 0 Å². The van der Waals surface area contributed by atoms with Gasteiger partial charge in [0, 0.05) is 20.1 Å². The maximum absolute atomic E-state index is 12.5. The van der Waals surface area contributed by atoms with Crippen molar-refractivity contribution >= 4 is 5.91 Å². The monoisotopic (exact) mass is 276 g/mol. The van der Waals surface area contributed by atoms with E-state index in [-0.39, 0.29) is 11.3 Å². The van der Waals surface area contributed by atoms with Gasteiger partial charge < -0.3 is 10.6 Å². The van der Waals surface area contributed by atoms with Crippen molar-refractivity contribution in [1.82, 2.24) is 4.90 Å².